The zero-order valence-electron chi connectivity index (χ0n) is 14.5. The van der Waals surface area contributed by atoms with Gasteiger partial charge >= 0.3 is 5.76 Å². The van der Waals surface area contributed by atoms with Crippen LogP contribution in [0.4, 0.5) is 0 Å². The lowest BCUT2D eigenvalue weighted by molar-refractivity contribution is 0.355. The van der Waals surface area contributed by atoms with Crippen LogP contribution in [0.1, 0.15) is 30.5 Å². The van der Waals surface area contributed by atoms with Gasteiger partial charge in [0.2, 0.25) is 0 Å². The molecular formula is C17H19N3O4S. The first-order valence-corrected chi connectivity index (χ1v) is 8.64. The van der Waals surface area contributed by atoms with Crippen LogP contribution in [0.5, 0.6) is 11.5 Å². The molecule has 25 heavy (non-hydrogen) atoms. The molecule has 132 valence electrons. The molecule has 3 aromatic rings. The van der Waals surface area contributed by atoms with Gasteiger partial charge in [0.05, 0.1) is 31.5 Å². The van der Waals surface area contributed by atoms with Crippen molar-refractivity contribution in [2.24, 2.45) is 0 Å². The number of rotatable bonds is 6. The van der Waals surface area contributed by atoms with Gasteiger partial charge in [-0.05, 0) is 18.2 Å². The van der Waals surface area contributed by atoms with Crippen molar-refractivity contribution in [1.82, 2.24) is 14.7 Å². The second-order valence-electron chi connectivity index (χ2n) is 5.76. The van der Waals surface area contributed by atoms with Gasteiger partial charge in [0.25, 0.3) is 0 Å². The third kappa shape index (κ3) is 3.43. The maximum Gasteiger partial charge on any atom is 0.442 e. The van der Waals surface area contributed by atoms with Crippen LogP contribution in [0.25, 0.3) is 11.4 Å². The second-order valence-corrected chi connectivity index (χ2v) is 6.65. The van der Waals surface area contributed by atoms with E-state index in [9.17, 15) is 4.79 Å². The maximum absolute atomic E-state index is 12.1. The molecule has 0 atom stereocenters. The SMILES string of the molecule is COc1ccc(-c2noc(=O)n2Cc2csc(C(C)C)n2)cc1OC. The van der Waals surface area contributed by atoms with Gasteiger partial charge in [-0.25, -0.2) is 9.78 Å². The molecule has 8 heteroatoms. The van der Waals surface area contributed by atoms with E-state index in [4.69, 9.17) is 14.0 Å². The number of hydrogen-bond acceptors (Lipinski definition) is 7. The standard InChI is InChI=1S/C17H19N3O4S/c1-10(2)16-18-12(9-25-16)8-20-15(19-24-17(20)21)11-5-6-13(22-3)14(7-11)23-4/h5-7,9-10H,8H2,1-4H3. The summed E-state index contributed by atoms with van der Waals surface area (Å²) in [6, 6.07) is 5.32. The summed E-state index contributed by atoms with van der Waals surface area (Å²) in [4.78, 5) is 16.7. The van der Waals surface area contributed by atoms with Gasteiger partial charge in [0.15, 0.2) is 17.3 Å². The summed E-state index contributed by atoms with van der Waals surface area (Å²) >= 11 is 1.58. The van der Waals surface area contributed by atoms with Crippen molar-refractivity contribution in [2.45, 2.75) is 26.3 Å². The van der Waals surface area contributed by atoms with Crippen LogP contribution in [-0.2, 0) is 6.54 Å². The number of methoxy groups -OCH3 is 2. The largest absolute Gasteiger partial charge is 0.493 e. The monoisotopic (exact) mass is 361 g/mol. The predicted molar refractivity (Wildman–Crippen MR) is 94.6 cm³/mol. The number of ether oxygens (including phenoxy) is 2. The van der Waals surface area contributed by atoms with Crippen LogP contribution in [0.15, 0.2) is 32.9 Å². The molecule has 2 heterocycles. The van der Waals surface area contributed by atoms with Gasteiger partial charge in [-0.15, -0.1) is 11.3 Å². The summed E-state index contributed by atoms with van der Waals surface area (Å²) in [5, 5.41) is 6.90. The van der Waals surface area contributed by atoms with Crippen molar-refractivity contribution in [2.75, 3.05) is 14.2 Å². The Labute approximate surface area is 148 Å². The molecule has 1 aromatic carbocycles. The topological polar surface area (TPSA) is 79.4 Å². The molecule has 0 radical (unpaired) electrons. The summed E-state index contributed by atoms with van der Waals surface area (Å²) in [5.74, 6) is 1.40. The average Bonchev–Trinajstić information content (AvgIpc) is 3.22. The normalized spacial score (nSPS) is 11.1. The van der Waals surface area contributed by atoms with E-state index in [0.29, 0.717) is 35.3 Å². The van der Waals surface area contributed by atoms with Crippen LogP contribution in [-0.4, -0.2) is 28.9 Å². The molecule has 0 bridgehead atoms. The van der Waals surface area contributed by atoms with Crippen molar-refractivity contribution in [3.8, 4) is 22.9 Å². The molecule has 0 N–H and O–H groups in total. The highest BCUT2D eigenvalue weighted by Gasteiger charge is 2.17. The third-order valence-corrected chi connectivity index (χ3v) is 4.91. The van der Waals surface area contributed by atoms with Crippen molar-refractivity contribution < 1.29 is 14.0 Å². The molecule has 0 spiro atoms. The highest BCUT2D eigenvalue weighted by atomic mass is 32.1. The zero-order chi connectivity index (χ0) is 18.0. The fraction of sp³-hybridized carbons (Fsp3) is 0.353. The van der Waals surface area contributed by atoms with Crippen LogP contribution in [0.3, 0.4) is 0 Å². The van der Waals surface area contributed by atoms with Crippen molar-refractivity contribution in [3.05, 3.63) is 44.8 Å². The molecule has 3 rings (SSSR count). The summed E-state index contributed by atoms with van der Waals surface area (Å²) in [5.41, 5.74) is 1.50. The van der Waals surface area contributed by atoms with Gasteiger partial charge in [0, 0.05) is 16.9 Å². The average molecular weight is 361 g/mol. The highest BCUT2D eigenvalue weighted by molar-refractivity contribution is 7.09. The fourth-order valence-corrected chi connectivity index (χ4v) is 3.24. The lowest BCUT2D eigenvalue weighted by atomic mass is 10.2. The smallest absolute Gasteiger partial charge is 0.442 e. The Kier molecular flexibility index (Phi) is 4.89. The molecule has 0 amide bonds. The van der Waals surface area contributed by atoms with E-state index in [1.54, 1.807) is 43.8 Å². The molecular weight excluding hydrogens is 342 g/mol. The first kappa shape index (κ1) is 17.2. The Balaban J connectivity index is 1.97. The quantitative estimate of drug-likeness (QED) is 0.671. The van der Waals surface area contributed by atoms with E-state index in [1.807, 2.05) is 5.38 Å². The molecule has 0 unspecified atom stereocenters. The molecule has 2 aromatic heterocycles. The number of benzene rings is 1. The molecule has 0 saturated carbocycles. The molecule has 0 aliphatic carbocycles. The van der Waals surface area contributed by atoms with Gasteiger partial charge in [0.1, 0.15) is 0 Å². The molecule has 7 nitrogen and oxygen atoms in total. The maximum atomic E-state index is 12.1. The first-order chi connectivity index (χ1) is 12.0. The van der Waals surface area contributed by atoms with E-state index in [-0.39, 0.29) is 0 Å². The summed E-state index contributed by atoms with van der Waals surface area (Å²) in [7, 11) is 3.12. The predicted octanol–water partition coefficient (Wildman–Crippen LogP) is 3.15. The number of hydrogen-bond donors (Lipinski definition) is 0. The summed E-state index contributed by atoms with van der Waals surface area (Å²) in [6.07, 6.45) is 0. The minimum absolute atomic E-state index is 0.301. The van der Waals surface area contributed by atoms with Crippen LogP contribution < -0.4 is 15.2 Å². The van der Waals surface area contributed by atoms with Gasteiger partial charge in [-0.2, -0.15) is 0 Å². The third-order valence-electron chi connectivity index (χ3n) is 3.71. The molecule has 0 aliphatic heterocycles. The molecule has 0 fully saturated rings. The van der Waals surface area contributed by atoms with Gasteiger partial charge < -0.3 is 9.47 Å². The lowest BCUT2D eigenvalue weighted by Crippen LogP contribution is -2.16. The Hall–Kier alpha value is -2.61. The molecule has 0 saturated heterocycles. The first-order valence-electron chi connectivity index (χ1n) is 7.76. The van der Waals surface area contributed by atoms with E-state index in [1.165, 1.54) is 4.57 Å². The van der Waals surface area contributed by atoms with Crippen molar-refractivity contribution in [1.29, 1.82) is 0 Å². The van der Waals surface area contributed by atoms with Crippen molar-refractivity contribution >= 4 is 11.3 Å². The van der Waals surface area contributed by atoms with E-state index in [0.717, 1.165) is 10.7 Å². The van der Waals surface area contributed by atoms with E-state index >= 15 is 0 Å². The number of thiazole rings is 1. The fourth-order valence-electron chi connectivity index (χ4n) is 2.41. The Morgan fingerprint density at radius 2 is 2.00 bits per heavy atom. The van der Waals surface area contributed by atoms with Crippen LogP contribution in [0, 0.1) is 0 Å². The zero-order valence-corrected chi connectivity index (χ0v) is 15.3. The lowest BCUT2D eigenvalue weighted by Gasteiger charge is -2.09. The molecule has 0 aliphatic rings. The van der Waals surface area contributed by atoms with Crippen LogP contribution >= 0.6 is 11.3 Å². The highest BCUT2D eigenvalue weighted by Crippen LogP contribution is 2.31. The van der Waals surface area contributed by atoms with Gasteiger partial charge in [-0.3, -0.25) is 9.09 Å². The minimum atomic E-state index is -0.524. The van der Waals surface area contributed by atoms with Crippen LogP contribution in [0.2, 0.25) is 0 Å². The summed E-state index contributed by atoms with van der Waals surface area (Å²) < 4.78 is 16.9. The second kappa shape index (κ2) is 7.10. The number of aromatic nitrogens is 3. The number of nitrogens with zero attached hydrogens (tertiary/aromatic N) is 3. The van der Waals surface area contributed by atoms with Crippen molar-refractivity contribution in [3.63, 3.8) is 0 Å². The van der Waals surface area contributed by atoms with E-state index in [2.05, 4.69) is 24.0 Å². The van der Waals surface area contributed by atoms with E-state index < -0.39 is 5.76 Å². The Bertz CT molecular complexity index is 926. The van der Waals surface area contributed by atoms with Gasteiger partial charge in [-0.1, -0.05) is 19.0 Å². The Morgan fingerprint density at radius 3 is 2.64 bits per heavy atom. The Morgan fingerprint density at radius 1 is 1.24 bits per heavy atom. The summed E-state index contributed by atoms with van der Waals surface area (Å²) in [6.45, 7) is 4.47. The minimum Gasteiger partial charge on any atom is -0.493 e.